The molecule has 150 valence electrons. The highest BCUT2D eigenvalue weighted by molar-refractivity contribution is 7.89. The molecular formula is C20H24N2O4S2. The second-order valence-corrected chi connectivity index (χ2v) is 9.37. The minimum Gasteiger partial charge on any atom is -0.377 e. The Morgan fingerprint density at radius 1 is 1.36 bits per heavy atom. The Kier molecular flexibility index (Phi) is 7.01. The number of nitrogens with one attached hydrogen (secondary N) is 1. The SMILES string of the molecule is C=CCN(Cc1cccs1)C(=O)c1cccc(S(=O)(=O)NCC2CCCO2)c1. The molecule has 1 N–H and O–H groups in total. The number of hydrogen-bond donors (Lipinski definition) is 1. The van der Waals surface area contributed by atoms with E-state index >= 15 is 0 Å². The zero-order valence-electron chi connectivity index (χ0n) is 15.5. The predicted molar refractivity (Wildman–Crippen MR) is 110 cm³/mol. The summed E-state index contributed by atoms with van der Waals surface area (Å²) in [4.78, 5) is 15.7. The third kappa shape index (κ3) is 5.29. The molecule has 0 saturated carbocycles. The van der Waals surface area contributed by atoms with Crippen LogP contribution in [0.25, 0.3) is 0 Å². The summed E-state index contributed by atoms with van der Waals surface area (Å²) in [5, 5.41) is 1.96. The van der Waals surface area contributed by atoms with Crippen LogP contribution in [0.3, 0.4) is 0 Å². The molecule has 3 rings (SSSR count). The number of benzene rings is 1. The number of carbonyl (C=O) groups excluding carboxylic acids is 1. The molecule has 2 heterocycles. The molecule has 28 heavy (non-hydrogen) atoms. The van der Waals surface area contributed by atoms with E-state index in [1.807, 2.05) is 17.5 Å². The maximum Gasteiger partial charge on any atom is 0.254 e. The van der Waals surface area contributed by atoms with Gasteiger partial charge in [-0.2, -0.15) is 0 Å². The van der Waals surface area contributed by atoms with E-state index in [0.717, 1.165) is 17.7 Å². The van der Waals surface area contributed by atoms with Crippen molar-refractivity contribution in [3.05, 3.63) is 64.9 Å². The summed E-state index contributed by atoms with van der Waals surface area (Å²) in [5.41, 5.74) is 0.332. The number of amides is 1. The van der Waals surface area contributed by atoms with Crippen molar-refractivity contribution >= 4 is 27.3 Å². The van der Waals surface area contributed by atoms with Crippen molar-refractivity contribution in [3.63, 3.8) is 0 Å². The standard InChI is InChI=1S/C20H24N2O4S2/c1-2-10-22(15-18-8-5-12-27-18)20(23)16-6-3-9-19(13-16)28(24,25)21-14-17-7-4-11-26-17/h2-3,5-6,8-9,12-13,17,21H,1,4,7,10-11,14-15H2. The van der Waals surface area contributed by atoms with Gasteiger partial charge in [0.2, 0.25) is 10.0 Å². The highest BCUT2D eigenvalue weighted by Gasteiger charge is 2.22. The van der Waals surface area contributed by atoms with Gasteiger partial charge in [0, 0.05) is 30.1 Å². The zero-order chi connectivity index (χ0) is 20.0. The van der Waals surface area contributed by atoms with E-state index in [2.05, 4.69) is 11.3 Å². The summed E-state index contributed by atoms with van der Waals surface area (Å²) >= 11 is 1.57. The Hall–Kier alpha value is -2.00. The second-order valence-electron chi connectivity index (χ2n) is 6.57. The minimum atomic E-state index is -3.71. The van der Waals surface area contributed by atoms with Gasteiger partial charge in [-0.15, -0.1) is 17.9 Å². The number of ether oxygens (including phenoxy) is 1. The van der Waals surface area contributed by atoms with Gasteiger partial charge in [0.05, 0.1) is 17.5 Å². The lowest BCUT2D eigenvalue weighted by Gasteiger charge is -2.21. The molecular weight excluding hydrogens is 396 g/mol. The molecule has 1 aliphatic heterocycles. The molecule has 1 amide bonds. The summed E-state index contributed by atoms with van der Waals surface area (Å²) in [6.07, 6.45) is 3.36. The first-order valence-electron chi connectivity index (χ1n) is 9.13. The molecule has 1 unspecified atom stereocenters. The van der Waals surface area contributed by atoms with E-state index in [1.165, 1.54) is 12.1 Å². The molecule has 1 aromatic heterocycles. The third-order valence-electron chi connectivity index (χ3n) is 4.48. The van der Waals surface area contributed by atoms with Crippen molar-refractivity contribution < 1.29 is 17.9 Å². The molecule has 0 spiro atoms. The number of thiophene rings is 1. The number of rotatable bonds is 9. The van der Waals surface area contributed by atoms with Gasteiger partial charge < -0.3 is 9.64 Å². The second kappa shape index (κ2) is 9.47. The van der Waals surface area contributed by atoms with Crippen LogP contribution in [0, 0.1) is 0 Å². The molecule has 1 fully saturated rings. The van der Waals surface area contributed by atoms with Crippen LogP contribution in [-0.2, 0) is 21.3 Å². The fourth-order valence-electron chi connectivity index (χ4n) is 3.04. The van der Waals surface area contributed by atoms with Crippen LogP contribution in [-0.4, -0.2) is 45.0 Å². The quantitative estimate of drug-likeness (QED) is 0.633. The van der Waals surface area contributed by atoms with Crippen molar-refractivity contribution in [3.8, 4) is 0 Å². The fraction of sp³-hybridized carbons (Fsp3) is 0.350. The zero-order valence-corrected chi connectivity index (χ0v) is 17.2. The molecule has 0 aliphatic carbocycles. The molecule has 1 atom stereocenters. The minimum absolute atomic E-state index is 0.0750. The van der Waals surface area contributed by atoms with Crippen LogP contribution < -0.4 is 4.72 Å². The smallest absolute Gasteiger partial charge is 0.254 e. The molecule has 1 aliphatic rings. The molecule has 6 nitrogen and oxygen atoms in total. The molecule has 8 heteroatoms. The van der Waals surface area contributed by atoms with Crippen molar-refractivity contribution in [1.82, 2.24) is 9.62 Å². The van der Waals surface area contributed by atoms with Crippen molar-refractivity contribution in [2.45, 2.75) is 30.4 Å². The largest absolute Gasteiger partial charge is 0.377 e. The first kappa shape index (κ1) is 20.7. The highest BCUT2D eigenvalue weighted by Crippen LogP contribution is 2.18. The third-order valence-corrected chi connectivity index (χ3v) is 6.76. The Bertz CT molecular complexity index is 904. The average Bonchev–Trinajstić information content (AvgIpc) is 3.40. The van der Waals surface area contributed by atoms with Crippen molar-refractivity contribution in [2.24, 2.45) is 0 Å². The van der Waals surface area contributed by atoms with E-state index in [9.17, 15) is 13.2 Å². The van der Waals surface area contributed by atoms with Crippen molar-refractivity contribution in [1.29, 1.82) is 0 Å². The number of carbonyl (C=O) groups is 1. The molecule has 0 radical (unpaired) electrons. The van der Waals surface area contributed by atoms with Gasteiger partial charge in [0.25, 0.3) is 5.91 Å². The van der Waals surface area contributed by atoms with E-state index in [1.54, 1.807) is 34.4 Å². The Morgan fingerprint density at radius 3 is 2.89 bits per heavy atom. The van der Waals surface area contributed by atoms with Gasteiger partial charge in [-0.25, -0.2) is 13.1 Å². The van der Waals surface area contributed by atoms with Gasteiger partial charge in [-0.1, -0.05) is 18.2 Å². The van der Waals surface area contributed by atoms with Crippen LogP contribution in [0.4, 0.5) is 0 Å². The average molecular weight is 421 g/mol. The normalized spacial score (nSPS) is 16.8. The lowest BCUT2D eigenvalue weighted by Crippen LogP contribution is -2.32. The lowest BCUT2D eigenvalue weighted by molar-refractivity contribution is 0.0764. The first-order valence-corrected chi connectivity index (χ1v) is 11.5. The number of sulfonamides is 1. The van der Waals surface area contributed by atoms with Crippen LogP contribution in [0.2, 0.25) is 0 Å². The Labute approximate surface area is 169 Å². The van der Waals surface area contributed by atoms with Crippen LogP contribution >= 0.6 is 11.3 Å². The predicted octanol–water partition coefficient (Wildman–Crippen LogP) is 3.03. The summed E-state index contributed by atoms with van der Waals surface area (Å²) in [7, 11) is -3.71. The van der Waals surface area contributed by atoms with Crippen molar-refractivity contribution in [2.75, 3.05) is 19.7 Å². The Balaban J connectivity index is 1.74. The molecule has 0 bridgehead atoms. The van der Waals surface area contributed by atoms with E-state index in [-0.39, 0.29) is 23.5 Å². The maximum atomic E-state index is 13.0. The van der Waals surface area contributed by atoms with E-state index in [4.69, 9.17) is 4.74 Å². The van der Waals surface area contributed by atoms with Gasteiger partial charge in [0.15, 0.2) is 0 Å². The van der Waals surface area contributed by atoms with Gasteiger partial charge in [-0.05, 0) is 42.5 Å². The first-order chi connectivity index (χ1) is 13.5. The topological polar surface area (TPSA) is 75.7 Å². The Morgan fingerprint density at radius 2 is 2.21 bits per heavy atom. The van der Waals surface area contributed by atoms with Gasteiger partial charge >= 0.3 is 0 Å². The van der Waals surface area contributed by atoms with Crippen LogP contribution in [0.1, 0.15) is 28.1 Å². The summed E-state index contributed by atoms with van der Waals surface area (Å²) in [6.45, 7) is 5.46. The number of nitrogens with zero attached hydrogens (tertiary/aromatic N) is 1. The molecule has 1 aromatic carbocycles. The van der Waals surface area contributed by atoms with E-state index < -0.39 is 10.0 Å². The summed E-state index contributed by atoms with van der Waals surface area (Å²) < 4.78 is 33.3. The monoisotopic (exact) mass is 420 g/mol. The van der Waals surface area contributed by atoms with Gasteiger partial charge in [0.1, 0.15) is 0 Å². The fourth-order valence-corrected chi connectivity index (χ4v) is 4.87. The number of hydrogen-bond acceptors (Lipinski definition) is 5. The van der Waals surface area contributed by atoms with Gasteiger partial charge in [-0.3, -0.25) is 4.79 Å². The van der Waals surface area contributed by atoms with Crippen LogP contribution in [0.5, 0.6) is 0 Å². The maximum absolute atomic E-state index is 13.0. The summed E-state index contributed by atoms with van der Waals surface area (Å²) in [6, 6.07) is 10.0. The lowest BCUT2D eigenvalue weighted by atomic mass is 10.2. The van der Waals surface area contributed by atoms with E-state index in [0.29, 0.717) is 25.3 Å². The summed E-state index contributed by atoms with van der Waals surface area (Å²) in [5.74, 6) is -0.232. The molecule has 2 aromatic rings. The highest BCUT2D eigenvalue weighted by atomic mass is 32.2. The molecule has 1 saturated heterocycles. The van der Waals surface area contributed by atoms with Crippen LogP contribution in [0.15, 0.2) is 59.3 Å².